The third-order valence-corrected chi connectivity index (χ3v) is 4.03. The third-order valence-electron chi connectivity index (χ3n) is 4.03. The van der Waals surface area contributed by atoms with E-state index in [9.17, 15) is 0 Å². The lowest BCUT2D eigenvalue weighted by atomic mass is 9.87. The summed E-state index contributed by atoms with van der Waals surface area (Å²) in [6, 6.07) is 8.78. The Balaban J connectivity index is 1.95. The van der Waals surface area contributed by atoms with Crippen LogP contribution in [0.15, 0.2) is 24.3 Å². The Morgan fingerprint density at radius 1 is 1.40 bits per heavy atom. The number of hydrogen-bond donors (Lipinski definition) is 1. The molecule has 1 aromatic rings. The summed E-state index contributed by atoms with van der Waals surface area (Å²) in [5.41, 5.74) is 1.46. The van der Waals surface area contributed by atoms with Crippen molar-refractivity contribution in [2.75, 3.05) is 26.9 Å². The molecule has 3 nitrogen and oxygen atoms in total. The molecular weight excluding hydrogens is 250 g/mol. The first-order valence-corrected chi connectivity index (χ1v) is 7.49. The summed E-state index contributed by atoms with van der Waals surface area (Å²) < 4.78 is 11.4. The predicted molar refractivity (Wildman–Crippen MR) is 82.4 cm³/mol. The van der Waals surface area contributed by atoms with Gasteiger partial charge >= 0.3 is 0 Å². The molecule has 3 heteroatoms. The van der Waals surface area contributed by atoms with E-state index in [0.717, 1.165) is 25.4 Å². The zero-order valence-electron chi connectivity index (χ0n) is 13.1. The molecule has 112 valence electrons. The van der Waals surface area contributed by atoms with E-state index in [1.807, 2.05) is 13.1 Å². The highest BCUT2D eigenvalue weighted by atomic mass is 16.5. The van der Waals surface area contributed by atoms with Gasteiger partial charge in [-0.25, -0.2) is 0 Å². The van der Waals surface area contributed by atoms with Gasteiger partial charge < -0.3 is 14.8 Å². The van der Waals surface area contributed by atoms with Crippen LogP contribution in [0.1, 0.15) is 32.8 Å². The van der Waals surface area contributed by atoms with E-state index in [4.69, 9.17) is 9.47 Å². The van der Waals surface area contributed by atoms with Gasteiger partial charge in [-0.05, 0) is 36.6 Å². The Kier molecular flexibility index (Phi) is 5.06. The first kappa shape index (κ1) is 15.3. The van der Waals surface area contributed by atoms with Gasteiger partial charge in [0.1, 0.15) is 12.4 Å². The van der Waals surface area contributed by atoms with Gasteiger partial charge in [0.2, 0.25) is 0 Å². The fraction of sp³-hybridized carbons (Fsp3) is 0.647. The minimum atomic E-state index is 0.154. The number of hydrogen-bond acceptors (Lipinski definition) is 3. The van der Waals surface area contributed by atoms with Gasteiger partial charge in [-0.3, -0.25) is 0 Å². The van der Waals surface area contributed by atoms with E-state index >= 15 is 0 Å². The minimum Gasteiger partial charge on any atom is -0.492 e. The van der Waals surface area contributed by atoms with Crippen LogP contribution in [0.2, 0.25) is 0 Å². The molecule has 0 aromatic heterocycles. The summed E-state index contributed by atoms with van der Waals surface area (Å²) in [7, 11) is 2.00. The molecule has 1 aliphatic heterocycles. The van der Waals surface area contributed by atoms with Gasteiger partial charge in [0, 0.05) is 18.6 Å². The first-order chi connectivity index (χ1) is 9.50. The standard InChI is InChI=1S/C17H27NO2/c1-17(2,3)14-6-5-7-15(10-14)20-12-16(18-4)13-8-9-19-11-13/h5-7,10,13,16,18H,8-9,11-12H2,1-4H3. The summed E-state index contributed by atoms with van der Waals surface area (Å²) in [4.78, 5) is 0. The maximum absolute atomic E-state index is 5.99. The van der Waals surface area contributed by atoms with E-state index in [2.05, 4.69) is 44.3 Å². The molecule has 20 heavy (non-hydrogen) atoms. The van der Waals surface area contributed by atoms with Crippen molar-refractivity contribution in [2.45, 2.75) is 38.6 Å². The molecule has 0 spiro atoms. The van der Waals surface area contributed by atoms with Crippen molar-refractivity contribution >= 4 is 0 Å². The lowest BCUT2D eigenvalue weighted by Gasteiger charge is -2.23. The largest absolute Gasteiger partial charge is 0.492 e. The highest BCUT2D eigenvalue weighted by Crippen LogP contribution is 2.26. The van der Waals surface area contributed by atoms with Crippen LogP contribution in [0.3, 0.4) is 0 Å². The summed E-state index contributed by atoms with van der Waals surface area (Å²) in [5.74, 6) is 1.52. The maximum atomic E-state index is 5.99. The molecule has 0 radical (unpaired) electrons. The third kappa shape index (κ3) is 3.97. The molecule has 2 atom stereocenters. The number of rotatable bonds is 5. The summed E-state index contributed by atoms with van der Waals surface area (Å²) in [5, 5.41) is 3.35. The van der Waals surface area contributed by atoms with Crippen LogP contribution < -0.4 is 10.1 Å². The minimum absolute atomic E-state index is 0.154. The highest BCUT2D eigenvalue weighted by Gasteiger charge is 2.25. The van der Waals surface area contributed by atoms with E-state index in [1.54, 1.807) is 0 Å². The molecule has 1 aliphatic rings. The van der Waals surface area contributed by atoms with E-state index < -0.39 is 0 Å². The van der Waals surface area contributed by atoms with Crippen molar-refractivity contribution in [1.29, 1.82) is 0 Å². The van der Waals surface area contributed by atoms with E-state index in [1.165, 1.54) is 5.56 Å². The SMILES string of the molecule is CNC(COc1cccc(C(C)(C)C)c1)C1CCOC1. The van der Waals surface area contributed by atoms with Crippen LogP contribution in [-0.2, 0) is 10.2 Å². The second kappa shape index (κ2) is 6.59. The van der Waals surface area contributed by atoms with E-state index in [0.29, 0.717) is 18.6 Å². The summed E-state index contributed by atoms with van der Waals surface area (Å²) in [6.07, 6.45) is 1.12. The fourth-order valence-corrected chi connectivity index (χ4v) is 2.56. The molecule has 1 heterocycles. The van der Waals surface area contributed by atoms with Crippen LogP contribution in [-0.4, -0.2) is 32.9 Å². The van der Waals surface area contributed by atoms with Crippen molar-refractivity contribution in [3.63, 3.8) is 0 Å². The van der Waals surface area contributed by atoms with Crippen LogP contribution in [0.5, 0.6) is 5.75 Å². The van der Waals surface area contributed by atoms with Crippen LogP contribution >= 0.6 is 0 Å². The fourth-order valence-electron chi connectivity index (χ4n) is 2.56. The van der Waals surface area contributed by atoms with Gasteiger partial charge in [0.05, 0.1) is 6.61 Å². The second-order valence-electron chi connectivity index (χ2n) is 6.61. The average molecular weight is 277 g/mol. The van der Waals surface area contributed by atoms with Crippen molar-refractivity contribution in [2.24, 2.45) is 5.92 Å². The molecule has 1 N–H and O–H groups in total. The maximum Gasteiger partial charge on any atom is 0.119 e. The molecule has 1 fully saturated rings. The van der Waals surface area contributed by atoms with E-state index in [-0.39, 0.29) is 5.41 Å². The zero-order chi connectivity index (χ0) is 14.6. The molecule has 0 bridgehead atoms. The smallest absolute Gasteiger partial charge is 0.119 e. The normalized spacial score (nSPS) is 20.9. The predicted octanol–water partition coefficient (Wildman–Crippen LogP) is 2.99. The molecular formula is C17H27NO2. The Bertz CT molecular complexity index is 419. The molecule has 1 aromatic carbocycles. The lowest BCUT2D eigenvalue weighted by Crippen LogP contribution is -2.39. The van der Waals surface area contributed by atoms with Crippen LogP contribution in [0.25, 0.3) is 0 Å². The van der Waals surface area contributed by atoms with Gasteiger partial charge in [0.25, 0.3) is 0 Å². The number of benzene rings is 1. The Morgan fingerprint density at radius 2 is 2.20 bits per heavy atom. The average Bonchev–Trinajstić information content (AvgIpc) is 2.93. The van der Waals surface area contributed by atoms with Crippen LogP contribution in [0, 0.1) is 5.92 Å². The van der Waals surface area contributed by atoms with Crippen molar-refractivity contribution in [3.8, 4) is 5.75 Å². The summed E-state index contributed by atoms with van der Waals surface area (Å²) >= 11 is 0. The monoisotopic (exact) mass is 277 g/mol. The number of likely N-dealkylation sites (N-methyl/N-ethyl adjacent to an activating group) is 1. The number of nitrogens with one attached hydrogen (secondary N) is 1. The van der Waals surface area contributed by atoms with Gasteiger partial charge in [-0.1, -0.05) is 32.9 Å². The topological polar surface area (TPSA) is 30.5 Å². The molecule has 2 rings (SSSR count). The quantitative estimate of drug-likeness (QED) is 0.897. The second-order valence-corrected chi connectivity index (χ2v) is 6.61. The highest BCUT2D eigenvalue weighted by molar-refractivity contribution is 5.32. The number of ether oxygens (including phenoxy) is 2. The molecule has 0 aliphatic carbocycles. The first-order valence-electron chi connectivity index (χ1n) is 7.49. The van der Waals surface area contributed by atoms with Gasteiger partial charge in [-0.15, -0.1) is 0 Å². The molecule has 2 unspecified atom stereocenters. The van der Waals surface area contributed by atoms with Gasteiger partial charge in [-0.2, -0.15) is 0 Å². The van der Waals surface area contributed by atoms with Crippen molar-refractivity contribution in [3.05, 3.63) is 29.8 Å². The Morgan fingerprint density at radius 3 is 2.80 bits per heavy atom. The Labute approximate surface area is 122 Å². The van der Waals surface area contributed by atoms with Crippen molar-refractivity contribution in [1.82, 2.24) is 5.32 Å². The summed E-state index contributed by atoms with van der Waals surface area (Å²) in [6.45, 7) is 9.08. The molecule has 0 amide bonds. The Hall–Kier alpha value is -1.06. The molecule has 0 saturated carbocycles. The van der Waals surface area contributed by atoms with Gasteiger partial charge in [0.15, 0.2) is 0 Å². The van der Waals surface area contributed by atoms with Crippen molar-refractivity contribution < 1.29 is 9.47 Å². The van der Waals surface area contributed by atoms with Crippen LogP contribution in [0.4, 0.5) is 0 Å². The lowest BCUT2D eigenvalue weighted by molar-refractivity contribution is 0.162. The zero-order valence-corrected chi connectivity index (χ0v) is 13.1. The molecule has 1 saturated heterocycles.